The molecule has 29 heavy (non-hydrogen) atoms. The van der Waals surface area contributed by atoms with E-state index in [4.69, 9.17) is 4.74 Å². The summed E-state index contributed by atoms with van der Waals surface area (Å²) in [5.74, 6) is 1.04. The van der Waals surface area contributed by atoms with Crippen LogP contribution in [-0.4, -0.2) is 47.9 Å². The summed E-state index contributed by atoms with van der Waals surface area (Å²) >= 11 is 0. The number of amides is 1. The largest absolute Gasteiger partial charge is 0.494 e. The van der Waals surface area contributed by atoms with Gasteiger partial charge in [0.2, 0.25) is 5.91 Å². The number of rotatable bonds is 8. The van der Waals surface area contributed by atoms with E-state index >= 15 is 0 Å². The monoisotopic (exact) mass is 420 g/mol. The SMILES string of the molecule is CCOc1ccccc1CNC(=O)Cn1cnc(S(=O)(=O)N2CCC(C)CC2)c1. The number of benzene rings is 1. The van der Waals surface area contributed by atoms with Crippen LogP contribution in [0.4, 0.5) is 0 Å². The van der Waals surface area contributed by atoms with E-state index in [0.717, 1.165) is 24.2 Å². The van der Waals surface area contributed by atoms with Crippen LogP contribution in [0.5, 0.6) is 5.75 Å². The summed E-state index contributed by atoms with van der Waals surface area (Å²) in [5, 5.41) is 2.82. The van der Waals surface area contributed by atoms with Crippen molar-refractivity contribution in [2.24, 2.45) is 5.92 Å². The van der Waals surface area contributed by atoms with Crippen molar-refractivity contribution < 1.29 is 17.9 Å². The third-order valence-corrected chi connectivity index (χ3v) is 6.82. The van der Waals surface area contributed by atoms with Gasteiger partial charge in [0.05, 0.1) is 12.9 Å². The van der Waals surface area contributed by atoms with Crippen molar-refractivity contribution in [3.8, 4) is 5.75 Å². The Kier molecular flexibility index (Phi) is 6.92. The van der Waals surface area contributed by atoms with Crippen molar-refractivity contribution in [3.63, 3.8) is 0 Å². The summed E-state index contributed by atoms with van der Waals surface area (Å²) in [7, 11) is -3.61. The molecule has 0 unspecified atom stereocenters. The number of ether oxygens (including phenoxy) is 1. The summed E-state index contributed by atoms with van der Waals surface area (Å²) < 4.78 is 34.0. The number of carbonyl (C=O) groups is 1. The first kappa shape index (κ1) is 21.3. The molecule has 9 heteroatoms. The molecule has 2 heterocycles. The van der Waals surface area contributed by atoms with Crippen LogP contribution in [0.2, 0.25) is 0 Å². The van der Waals surface area contributed by atoms with Crippen LogP contribution in [0.1, 0.15) is 32.3 Å². The van der Waals surface area contributed by atoms with Gasteiger partial charge in [0.25, 0.3) is 10.0 Å². The lowest BCUT2D eigenvalue weighted by molar-refractivity contribution is -0.121. The molecule has 8 nitrogen and oxygen atoms in total. The average molecular weight is 421 g/mol. The Morgan fingerprint density at radius 2 is 2.00 bits per heavy atom. The van der Waals surface area contributed by atoms with Crippen LogP contribution in [0.25, 0.3) is 0 Å². The Labute approximate surface area is 171 Å². The number of para-hydroxylation sites is 1. The predicted octanol–water partition coefficient (Wildman–Crippen LogP) is 2.02. The number of nitrogens with one attached hydrogen (secondary N) is 1. The maximum atomic E-state index is 12.7. The van der Waals surface area contributed by atoms with Gasteiger partial charge in [-0.3, -0.25) is 4.79 Å². The minimum atomic E-state index is -3.61. The maximum absolute atomic E-state index is 12.7. The zero-order valence-corrected chi connectivity index (χ0v) is 17.7. The molecule has 1 aromatic carbocycles. The third kappa shape index (κ3) is 5.36. The number of piperidine rings is 1. The van der Waals surface area contributed by atoms with E-state index in [1.165, 1.54) is 21.4 Å². The number of sulfonamides is 1. The molecule has 1 N–H and O–H groups in total. The maximum Gasteiger partial charge on any atom is 0.262 e. The molecule has 0 spiro atoms. The summed E-state index contributed by atoms with van der Waals surface area (Å²) in [6.45, 7) is 5.94. The molecule has 1 aliphatic heterocycles. The highest BCUT2D eigenvalue weighted by atomic mass is 32.2. The third-order valence-electron chi connectivity index (χ3n) is 5.03. The molecular formula is C20H28N4O4S. The Morgan fingerprint density at radius 1 is 1.28 bits per heavy atom. The first-order chi connectivity index (χ1) is 13.9. The van der Waals surface area contributed by atoms with Gasteiger partial charge in [-0.1, -0.05) is 25.1 Å². The Hall–Kier alpha value is -2.39. The predicted molar refractivity (Wildman–Crippen MR) is 109 cm³/mol. The molecule has 1 aliphatic rings. The first-order valence-corrected chi connectivity index (χ1v) is 11.3. The molecule has 2 aromatic rings. The molecule has 0 radical (unpaired) electrons. The number of nitrogens with zero attached hydrogens (tertiary/aromatic N) is 3. The van der Waals surface area contributed by atoms with Crippen molar-refractivity contribution in [2.45, 2.75) is 44.8 Å². The van der Waals surface area contributed by atoms with Gasteiger partial charge in [-0.25, -0.2) is 13.4 Å². The normalized spacial score (nSPS) is 15.9. The molecule has 3 rings (SSSR count). The van der Waals surface area contributed by atoms with Crippen LogP contribution in [0, 0.1) is 5.92 Å². The summed E-state index contributed by atoms with van der Waals surface area (Å²) in [4.78, 5) is 16.3. The van der Waals surface area contributed by atoms with E-state index in [1.54, 1.807) is 0 Å². The highest BCUT2D eigenvalue weighted by Crippen LogP contribution is 2.22. The van der Waals surface area contributed by atoms with Gasteiger partial charge in [-0.2, -0.15) is 4.31 Å². The lowest BCUT2D eigenvalue weighted by Crippen LogP contribution is -2.38. The summed E-state index contributed by atoms with van der Waals surface area (Å²) in [6.07, 6.45) is 4.51. The van der Waals surface area contributed by atoms with Gasteiger partial charge in [0.1, 0.15) is 12.3 Å². The molecule has 0 atom stereocenters. The molecule has 1 saturated heterocycles. The second-order valence-electron chi connectivity index (χ2n) is 7.29. The van der Waals surface area contributed by atoms with E-state index < -0.39 is 10.0 Å². The summed E-state index contributed by atoms with van der Waals surface area (Å²) in [5.41, 5.74) is 0.885. The van der Waals surface area contributed by atoms with Crippen molar-refractivity contribution in [3.05, 3.63) is 42.4 Å². The number of aromatic nitrogens is 2. The van der Waals surface area contributed by atoms with Gasteiger partial charge in [-0.05, 0) is 31.7 Å². The number of hydrogen-bond acceptors (Lipinski definition) is 5. The molecule has 0 bridgehead atoms. The van der Waals surface area contributed by atoms with Crippen molar-refractivity contribution >= 4 is 15.9 Å². The van der Waals surface area contributed by atoms with Gasteiger partial charge < -0.3 is 14.6 Å². The van der Waals surface area contributed by atoms with Gasteiger partial charge in [0, 0.05) is 31.4 Å². The Bertz CT molecular complexity index is 933. The van der Waals surface area contributed by atoms with E-state index in [1.807, 2.05) is 31.2 Å². The fourth-order valence-corrected chi connectivity index (χ4v) is 4.68. The molecule has 1 amide bonds. The second kappa shape index (κ2) is 9.41. The topological polar surface area (TPSA) is 93.5 Å². The fraction of sp³-hybridized carbons (Fsp3) is 0.500. The van der Waals surface area contributed by atoms with Crippen molar-refractivity contribution in [1.29, 1.82) is 0 Å². The number of carbonyl (C=O) groups excluding carboxylic acids is 1. The van der Waals surface area contributed by atoms with E-state index in [-0.39, 0.29) is 17.5 Å². The zero-order chi connectivity index (χ0) is 20.9. The van der Waals surface area contributed by atoms with Crippen molar-refractivity contribution in [1.82, 2.24) is 19.2 Å². The van der Waals surface area contributed by atoms with Gasteiger partial charge in [0.15, 0.2) is 5.03 Å². The lowest BCUT2D eigenvalue weighted by atomic mass is 10.0. The number of imidazole rings is 1. The molecule has 0 saturated carbocycles. The average Bonchev–Trinajstić information content (AvgIpc) is 3.17. The lowest BCUT2D eigenvalue weighted by Gasteiger charge is -2.28. The van der Waals surface area contributed by atoms with Crippen LogP contribution in [-0.2, 0) is 27.9 Å². The second-order valence-corrected chi connectivity index (χ2v) is 9.17. The van der Waals surface area contributed by atoms with Crippen molar-refractivity contribution in [2.75, 3.05) is 19.7 Å². The highest BCUT2D eigenvalue weighted by Gasteiger charge is 2.29. The van der Waals surface area contributed by atoms with E-state index in [2.05, 4.69) is 17.2 Å². The summed E-state index contributed by atoms with van der Waals surface area (Å²) in [6, 6.07) is 7.52. The van der Waals surface area contributed by atoms with Crippen LogP contribution in [0.3, 0.4) is 0 Å². The molecular weight excluding hydrogens is 392 g/mol. The van der Waals surface area contributed by atoms with E-state index in [0.29, 0.717) is 32.2 Å². The van der Waals surface area contributed by atoms with Crippen LogP contribution >= 0.6 is 0 Å². The molecule has 1 fully saturated rings. The molecule has 1 aromatic heterocycles. The van der Waals surface area contributed by atoms with Crippen LogP contribution < -0.4 is 10.1 Å². The van der Waals surface area contributed by atoms with E-state index in [9.17, 15) is 13.2 Å². The fourth-order valence-electron chi connectivity index (χ4n) is 3.28. The van der Waals surface area contributed by atoms with Crippen LogP contribution in [0.15, 0.2) is 41.8 Å². The zero-order valence-electron chi connectivity index (χ0n) is 16.9. The standard InChI is InChI=1S/C20H28N4O4S/c1-3-28-18-7-5-4-6-17(18)12-21-19(25)13-23-14-20(22-15-23)29(26,27)24-10-8-16(2)9-11-24/h4-7,14-16H,3,8-13H2,1-2H3,(H,21,25). The minimum absolute atomic E-state index is 0.00362. The Morgan fingerprint density at radius 3 is 2.72 bits per heavy atom. The molecule has 0 aliphatic carbocycles. The first-order valence-electron chi connectivity index (χ1n) is 9.89. The van der Waals surface area contributed by atoms with Gasteiger partial charge in [-0.15, -0.1) is 0 Å². The van der Waals surface area contributed by atoms with Gasteiger partial charge >= 0.3 is 0 Å². The quantitative estimate of drug-likeness (QED) is 0.705. The minimum Gasteiger partial charge on any atom is -0.494 e. The number of hydrogen-bond donors (Lipinski definition) is 1. The molecule has 158 valence electrons. The smallest absolute Gasteiger partial charge is 0.262 e. The Balaban J connectivity index is 1.58. The highest BCUT2D eigenvalue weighted by molar-refractivity contribution is 7.89.